The molecule has 0 aliphatic heterocycles. The van der Waals surface area contributed by atoms with E-state index in [1.54, 1.807) is 0 Å². The van der Waals surface area contributed by atoms with Gasteiger partial charge in [-0.1, -0.05) is 195 Å². The third-order valence-electron chi connectivity index (χ3n) is 9.70. The first-order chi connectivity index (χ1) is 27.2. The van der Waals surface area contributed by atoms with Crippen LogP contribution in [-0.4, -0.2) is 37.0 Å². The van der Waals surface area contributed by atoms with E-state index in [0.717, 1.165) is 64.2 Å². The minimum atomic E-state index is -0.563. The van der Waals surface area contributed by atoms with Crippen molar-refractivity contribution in [3.8, 4) is 0 Å². The Morgan fingerprint density at radius 3 is 1.25 bits per heavy atom. The Balaban J connectivity index is 3.53. The average molecular weight is 765 g/mol. The zero-order valence-corrected chi connectivity index (χ0v) is 36.2. The Kier molecular flexibility index (Phi) is 45.6. The second-order valence-electron chi connectivity index (χ2n) is 15.1. The van der Waals surface area contributed by atoms with Crippen LogP contribution in [0.5, 0.6) is 0 Å². The summed E-state index contributed by atoms with van der Waals surface area (Å²) in [4.78, 5) is 12.2. The van der Waals surface area contributed by atoms with Crippen molar-refractivity contribution in [1.82, 2.24) is 0 Å². The molecular formula is C51H88O4. The highest BCUT2D eigenvalue weighted by Crippen LogP contribution is 2.13. The van der Waals surface area contributed by atoms with Crippen LogP contribution in [0, 0.1) is 0 Å². The summed E-state index contributed by atoms with van der Waals surface area (Å²) >= 11 is 0. The molecule has 316 valence electrons. The van der Waals surface area contributed by atoms with E-state index in [9.17, 15) is 9.90 Å². The number of ether oxygens (including phenoxy) is 2. The maximum atomic E-state index is 12.2. The Bertz CT molecular complexity index is 985. The molecule has 0 saturated carbocycles. The van der Waals surface area contributed by atoms with Crippen molar-refractivity contribution in [3.63, 3.8) is 0 Å². The highest BCUT2D eigenvalue weighted by molar-refractivity contribution is 5.69. The molecule has 0 aliphatic rings. The fourth-order valence-electron chi connectivity index (χ4n) is 6.27. The molecule has 0 bridgehead atoms. The highest BCUT2D eigenvalue weighted by Gasteiger charge is 2.13. The van der Waals surface area contributed by atoms with Gasteiger partial charge in [-0.15, -0.1) is 0 Å². The van der Waals surface area contributed by atoms with Gasteiger partial charge in [0.1, 0.15) is 6.10 Å². The van der Waals surface area contributed by atoms with Crippen molar-refractivity contribution in [2.24, 2.45) is 0 Å². The SMILES string of the molecule is CC/C=C\C/C=C\C/C=C\C/C=C\C/C=C\C/C=C\CCCCC(=O)OC(CO)COCCCCCCCCCCCC/C=C\CCCCCCCCCC. The highest BCUT2D eigenvalue weighted by atomic mass is 16.6. The van der Waals surface area contributed by atoms with Gasteiger partial charge in [0.2, 0.25) is 0 Å². The van der Waals surface area contributed by atoms with E-state index in [0.29, 0.717) is 13.0 Å². The monoisotopic (exact) mass is 765 g/mol. The molecule has 0 rings (SSSR count). The molecule has 0 aliphatic carbocycles. The van der Waals surface area contributed by atoms with Crippen LogP contribution in [-0.2, 0) is 14.3 Å². The summed E-state index contributed by atoms with van der Waals surface area (Å²) in [6.45, 7) is 5.18. The Hall–Kier alpha value is -2.43. The Morgan fingerprint density at radius 2 is 0.818 bits per heavy atom. The second-order valence-corrected chi connectivity index (χ2v) is 15.1. The largest absolute Gasteiger partial charge is 0.457 e. The first kappa shape index (κ1) is 52.6. The Morgan fingerprint density at radius 1 is 0.455 bits per heavy atom. The summed E-state index contributed by atoms with van der Waals surface area (Å²) in [6, 6.07) is 0. The van der Waals surface area contributed by atoms with Gasteiger partial charge in [-0.3, -0.25) is 4.79 Å². The number of esters is 1. The van der Waals surface area contributed by atoms with E-state index in [1.165, 1.54) is 122 Å². The lowest BCUT2D eigenvalue weighted by atomic mass is 10.1. The fraction of sp³-hybridized carbons (Fsp3) is 0.706. The van der Waals surface area contributed by atoms with Gasteiger partial charge in [-0.25, -0.2) is 0 Å². The quantitative estimate of drug-likeness (QED) is 0.0382. The molecule has 1 N–H and O–H groups in total. The van der Waals surface area contributed by atoms with Crippen molar-refractivity contribution in [1.29, 1.82) is 0 Å². The van der Waals surface area contributed by atoms with Crippen LogP contribution in [0.1, 0.15) is 206 Å². The molecule has 0 fully saturated rings. The predicted molar refractivity (Wildman–Crippen MR) is 242 cm³/mol. The number of carbonyl (C=O) groups is 1. The molecule has 1 atom stereocenters. The number of rotatable bonds is 42. The lowest BCUT2D eigenvalue weighted by molar-refractivity contribution is -0.154. The number of hydrogen-bond donors (Lipinski definition) is 1. The summed E-state index contributed by atoms with van der Waals surface area (Å²) in [6.07, 6.45) is 66.6. The molecule has 0 aromatic carbocycles. The molecular weight excluding hydrogens is 677 g/mol. The van der Waals surface area contributed by atoms with Crippen molar-refractivity contribution in [2.45, 2.75) is 213 Å². The van der Waals surface area contributed by atoms with Gasteiger partial charge in [0, 0.05) is 13.0 Å². The van der Waals surface area contributed by atoms with Crippen LogP contribution in [0.25, 0.3) is 0 Å². The molecule has 0 amide bonds. The number of carbonyl (C=O) groups excluding carboxylic acids is 1. The molecule has 0 heterocycles. The minimum Gasteiger partial charge on any atom is -0.457 e. The minimum absolute atomic E-state index is 0.194. The van der Waals surface area contributed by atoms with Gasteiger partial charge >= 0.3 is 5.97 Å². The van der Waals surface area contributed by atoms with E-state index < -0.39 is 6.10 Å². The number of hydrogen-bond acceptors (Lipinski definition) is 4. The van der Waals surface area contributed by atoms with E-state index in [4.69, 9.17) is 9.47 Å². The molecule has 4 heteroatoms. The standard InChI is InChI=1S/C51H88O4/c1-3-5-7-9-11-13-15-17-19-21-23-25-27-29-31-33-35-37-39-41-43-45-47-54-49-50(48-52)55-51(53)46-44-42-40-38-36-34-32-30-28-26-24-22-20-18-16-14-12-10-8-6-4-2/h6,8,12,14,18,20-21,23-24,26,30,32,36,38,50,52H,3-5,7,9-11,13,15-17,19,22,25,27-29,31,33-35,37,39-49H2,1-2H3/b8-6-,14-12-,20-18-,23-21-,26-24-,32-30-,38-36-. The molecule has 55 heavy (non-hydrogen) atoms. The van der Waals surface area contributed by atoms with Crippen LogP contribution in [0.4, 0.5) is 0 Å². The number of unbranched alkanes of at least 4 members (excludes halogenated alkanes) is 20. The smallest absolute Gasteiger partial charge is 0.306 e. The fourth-order valence-corrected chi connectivity index (χ4v) is 6.27. The molecule has 0 spiro atoms. The number of aliphatic hydroxyl groups is 1. The molecule has 4 nitrogen and oxygen atoms in total. The van der Waals surface area contributed by atoms with Crippen molar-refractivity contribution >= 4 is 5.97 Å². The van der Waals surface area contributed by atoms with E-state index >= 15 is 0 Å². The maximum absolute atomic E-state index is 12.2. The van der Waals surface area contributed by atoms with Crippen LogP contribution in [0.15, 0.2) is 85.1 Å². The van der Waals surface area contributed by atoms with Gasteiger partial charge in [0.15, 0.2) is 0 Å². The average Bonchev–Trinajstić information content (AvgIpc) is 3.19. The third kappa shape index (κ3) is 45.9. The predicted octanol–water partition coefficient (Wildman–Crippen LogP) is 15.5. The van der Waals surface area contributed by atoms with E-state index in [1.807, 2.05) is 0 Å². The van der Waals surface area contributed by atoms with Gasteiger partial charge in [-0.05, 0) is 89.9 Å². The molecule has 1 unspecified atom stereocenters. The van der Waals surface area contributed by atoms with Crippen molar-refractivity contribution < 1.29 is 19.4 Å². The molecule has 0 radical (unpaired) electrons. The first-order valence-electron chi connectivity index (χ1n) is 23.2. The normalized spacial score (nSPS) is 13.1. The third-order valence-corrected chi connectivity index (χ3v) is 9.70. The van der Waals surface area contributed by atoms with Crippen LogP contribution >= 0.6 is 0 Å². The van der Waals surface area contributed by atoms with Crippen LogP contribution in [0.2, 0.25) is 0 Å². The summed E-state index contributed by atoms with van der Waals surface area (Å²) in [5.41, 5.74) is 0. The molecule has 0 saturated heterocycles. The lowest BCUT2D eigenvalue weighted by Gasteiger charge is -2.15. The zero-order chi connectivity index (χ0) is 39.8. The lowest BCUT2D eigenvalue weighted by Crippen LogP contribution is -2.27. The maximum Gasteiger partial charge on any atom is 0.306 e. The van der Waals surface area contributed by atoms with Gasteiger partial charge < -0.3 is 14.6 Å². The zero-order valence-electron chi connectivity index (χ0n) is 36.2. The molecule has 0 aromatic heterocycles. The number of aliphatic hydroxyl groups excluding tert-OH is 1. The summed E-state index contributed by atoms with van der Waals surface area (Å²) < 4.78 is 11.2. The Labute approximate surface area is 341 Å². The van der Waals surface area contributed by atoms with Gasteiger partial charge in [-0.2, -0.15) is 0 Å². The summed E-state index contributed by atoms with van der Waals surface area (Å²) in [5, 5.41) is 9.62. The topological polar surface area (TPSA) is 55.8 Å². The summed E-state index contributed by atoms with van der Waals surface area (Å²) in [5.74, 6) is -0.244. The van der Waals surface area contributed by atoms with Crippen molar-refractivity contribution in [3.05, 3.63) is 85.1 Å². The van der Waals surface area contributed by atoms with Gasteiger partial charge in [0.05, 0.1) is 13.2 Å². The number of allylic oxidation sites excluding steroid dienone is 14. The van der Waals surface area contributed by atoms with E-state index in [-0.39, 0.29) is 19.2 Å². The van der Waals surface area contributed by atoms with Crippen LogP contribution in [0.3, 0.4) is 0 Å². The molecule has 0 aromatic rings. The van der Waals surface area contributed by atoms with Crippen LogP contribution < -0.4 is 0 Å². The van der Waals surface area contributed by atoms with E-state index in [2.05, 4.69) is 98.9 Å². The summed E-state index contributed by atoms with van der Waals surface area (Å²) in [7, 11) is 0. The second kappa shape index (κ2) is 47.7. The first-order valence-corrected chi connectivity index (χ1v) is 23.2. The van der Waals surface area contributed by atoms with Gasteiger partial charge in [0.25, 0.3) is 0 Å². The van der Waals surface area contributed by atoms with Crippen molar-refractivity contribution in [2.75, 3.05) is 19.8 Å².